The molecule has 0 fully saturated rings. The zero-order valence-corrected chi connectivity index (χ0v) is 11.3. The largest absolute Gasteiger partial charge is 0.481 e. The van der Waals surface area contributed by atoms with Crippen molar-refractivity contribution in [3.8, 4) is 0 Å². The van der Waals surface area contributed by atoms with Gasteiger partial charge in [0, 0.05) is 23.3 Å². The van der Waals surface area contributed by atoms with Gasteiger partial charge in [0.05, 0.1) is 11.5 Å². The molecule has 0 aliphatic heterocycles. The van der Waals surface area contributed by atoms with Crippen molar-refractivity contribution >= 4 is 23.2 Å². The topological polar surface area (TPSA) is 57.6 Å². The predicted octanol–water partition coefficient (Wildman–Crippen LogP) is 2.16. The molecular weight excluding hydrogens is 238 g/mol. The first-order valence-electron chi connectivity index (χ1n) is 5.38. The molecule has 17 heavy (non-hydrogen) atoms. The first-order valence-corrected chi connectivity index (χ1v) is 6.20. The van der Waals surface area contributed by atoms with Gasteiger partial charge in [0.1, 0.15) is 0 Å². The average Bonchev–Trinajstić information content (AvgIpc) is 2.56. The van der Waals surface area contributed by atoms with Crippen LogP contribution in [0.1, 0.15) is 27.0 Å². The molecule has 1 heterocycles. The van der Waals surface area contributed by atoms with Gasteiger partial charge in [-0.15, -0.1) is 11.3 Å². The number of nitrogens with zero attached hydrogens (tertiary/aromatic N) is 1. The number of hydrogen-bond donors (Lipinski definition) is 1. The van der Waals surface area contributed by atoms with Crippen LogP contribution in [0.3, 0.4) is 0 Å². The Hall–Kier alpha value is -1.36. The van der Waals surface area contributed by atoms with Gasteiger partial charge >= 0.3 is 5.97 Å². The van der Waals surface area contributed by atoms with Crippen molar-refractivity contribution in [3.05, 3.63) is 21.4 Å². The highest BCUT2D eigenvalue weighted by Crippen LogP contribution is 2.21. The molecule has 1 amide bonds. The van der Waals surface area contributed by atoms with E-state index in [1.165, 1.54) is 4.90 Å². The Balaban J connectivity index is 2.77. The molecule has 1 N–H and O–H groups in total. The van der Waals surface area contributed by atoms with Crippen molar-refractivity contribution in [2.45, 2.75) is 20.8 Å². The van der Waals surface area contributed by atoms with Crippen LogP contribution in [-0.4, -0.2) is 35.5 Å². The van der Waals surface area contributed by atoms with E-state index in [2.05, 4.69) is 0 Å². The standard InChI is InChI=1S/C12H17NO3S/c1-7(12(15)16)6-13(4)11(14)10-5-8(2)17-9(10)3/h5,7H,6H2,1-4H3,(H,15,16). The molecule has 94 valence electrons. The lowest BCUT2D eigenvalue weighted by molar-refractivity contribution is -0.141. The van der Waals surface area contributed by atoms with E-state index in [0.29, 0.717) is 5.56 Å². The molecule has 0 saturated heterocycles. The third kappa shape index (κ3) is 3.30. The number of rotatable bonds is 4. The number of carboxylic acids is 1. The van der Waals surface area contributed by atoms with Gasteiger partial charge in [0.15, 0.2) is 0 Å². The molecule has 0 aromatic carbocycles. The van der Waals surface area contributed by atoms with Crippen molar-refractivity contribution < 1.29 is 14.7 Å². The molecule has 1 unspecified atom stereocenters. The van der Waals surface area contributed by atoms with Gasteiger partial charge in [-0.3, -0.25) is 9.59 Å². The maximum atomic E-state index is 12.1. The minimum atomic E-state index is -0.886. The third-order valence-electron chi connectivity index (χ3n) is 2.59. The van der Waals surface area contributed by atoms with E-state index in [4.69, 9.17) is 5.11 Å². The summed E-state index contributed by atoms with van der Waals surface area (Å²) in [5, 5.41) is 8.81. The Morgan fingerprint density at radius 1 is 1.47 bits per heavy atom. The minimum absolute atomic E-state index is 0.111. The van der Waals surface area contributed by atoms with Gasteiger partial charge in [-0.2, -0.15) is 0 Å². The number of aryl methyl sites for hydroxylation is 2. The summed E-state index contributed by atoms with van der Waals surface area (Å²) in [4.78, 5) is 26.3. The maximum Gasteiger partial charge on any atom is 0.308 e. The number of amides is 1. The summed E-state index contributed by atoms with van der Waals surface area (Å²) in [5.41, 5.74) is 0.674. The normalized spacial score (nSPS) is 12.2. The summed E-state index contributed by atoms with van der Waals surface area (Å²) in [5.74, 6) is -1.55. The van der Waals surface area contributed by atoms with Crippen LogP contribution in [0.4, 0.5) is 0 Å². The maximum absolute atomic E-state index is 12.1. The number of carboxylic acid groups (broad SMARTS) is 1. The van der Waals surface area contributed by atoms with Crippen molar-refractivity contribution in [1.82, 2.24) is 4.90 Å². The zero-order valence-electron chi connectivity index (χ0n) is 10.5. The Bertz CT molecular complexity index is 439. The fourth-order valence-electron chi connectivity index (χ4n) is 1.62. The van der Waals surface area contributed by atoms with Gasteiger partial charge in [0.25, 0.3) is 5.91 Å². The molecule has 5 heteroatoms. The fourth-order valence-corrected chi connectivity index (χ4v) is 2.54. The summed E-state index contributed by atoms with van der Waals surface area (Å²) in [6.45, 7) is 5.67. The van der Waals surface area contributed by atoms with Gasteiger partial charge in [-0.25, -0.2) is 0 Å². The van der Waals surface area contributed by atoms with Crippen molar-refractivity contribution in [2.24, 2.45) is 5.92 Å². The molecule has 1 atom stereocenters. The Kier molecular flexibility index (Phi) is 4.28. The number of carbonyl (C=O) groups is 2. The predicted molar refractivity (Wildman–Crippen MR) is 67.6 cm³/mol. The highest BCUT2D eigenvalue weighted by Gasteiger charge is 2.20. The minimum Gasteiger partial charge on any atom is -0.481 e. The van der Waals surface area contributed by atoms with E-state index in [0.717, 1.165) is 9.75 Å². The van der Waals surface area contributed by atoms with E-state index < -0.39 is 11.9 Å². The zero-order chi connectivity index (χ0) is 13.2. The SMILES string of the molecule is Cc1cc(C(=O)N(C)CC(C)C(=O)O)c(C)s1. The molecular formula is C12H17NO3S. The molecule has 0 spiro atoms. The van der Waals surface area contributed by atoms with E-state index in [-0.39, 0.29) is 12.5 Å². The lowest BCUT2D eigenvalue weighted by atomic mass is 10.1. The average molecular weight is 255 g/mol. The van der Waals surface area contributed by atoms with Crippen LogP contribution in [0.15, 0.2) is 6.07 Å². The molecule has 0 aliphatic carbocycles. The molecule has 1 aromatic heterocycles. The van der Waals surface area contributed by atoms with E-state index >= 15 is 0 Å². The number of thiophene rings is 1. The molecule has 0 bridgehead atoms. The second kappa shape index (κ2) is 5.31. The summed E-state index contributed by atoms with van der Waals surface area (Å²) in [6.07, 6.45) is 0. The van der Waals surface area contributed by atoms with Crippen molar-refractivity contribution in [2.75, 3.05) is 13.6 Å². The van der Waals surface area contributed by atoms with Crippen LogP contribution in [0.5, 0.6) is 0 Å². The van der Waals surface area contributed by atoms with E-state index in [9.17, 15) is 9.59 Å². The fraction of sp³-hybridized carbons (Fsp3) is 0.500. The van der Waals surface area contributed by atoms with Gasteiger partial charge in [0.2, 0.25) is 0 Å². The van der Waals surface area contributed by atoms with Crippen molar-refractivity contribution in [3.63, 3.8) is 0 Å². The number of aliphatic carboxylic acids is 1. The van der Waals surface area contributed by atoms with Crippen LogP contribution in [0.2, 0.25) is 0 Å². The third-order valence-corrected chi connectivity index (χ3v) is 3.55. The Labute approximate surface area is 105 Å². The van der Waals surface area contributed by atoms with Gasteiger partial charge < -0.3 is 10.0 Å². The molecule has 0 radical (unpaired) electrons. The number of carbonyl (C=O) groups excluding carboxylic acids is 1. The summed E-state index contributed by atoms with van der Waals surface area (Å²) < 4.78 is 0. The van der Waals surface area contributed by atoms with Crippen LogP contribution >= 0.6 is 11.3 Å². The van der Waals surface area contributed by atoms with Crippen LogP contribution < -0.4 is 0 Å². The second-order valence-corrected chi connectivity index (χ2v) is 5.71. The smallest absolute Gasteiger partial charge is 0.308 e. The van der Waals surface area contributed by atoms with Gasteiger partial charge in [-0.1, -0.05) is 6.92 Å². The van der Waals surface area contributed by atoms with Crippen LogP contribution in [0, 0.1) is 19.8 Å². The molecule has 1 rings (SSSR count). The van der Waals surface area contributed by atoms with Crippen LogP contribution in [-0.2, 0) is 4.79 Å². The quantitative estimate of drug-likeness (QED) is 0.897. The molecule has 0 aliphatic rings. The highest BCUT2D eigenvalue weighted by molar-refractivity contribution is 7.12. The van der Waals surface area contributed by atoms with Crippen molar-refractivity contribution in [1.29, 1.82) is 0 Å². The van der Waals surface area contributed by atoms with E-state index in [1.807, 2.05) is 19.9 Å². The van der Waals surface area contributed by atoms with E-state index in [1.54, 1.807) is 25.3 Å². The molecule has 4 nitrogen and oxygen atoms in total. The summed E-state index contributed by atoms with van der Waals surface area (Å²) >= 11 is 1.58. The highest BCUT2D eigenvalue weighted by atomic mass is 32.1. The number of hydrogen-bond acceptors (Lipinski definition) is 3. The second-order valence-electron chi connectivity index (χ2n) is 4.25. The summed E-state index contributed by atoms with van der Waals surface area (Å²) in [7, 11) is 1.63. The Morgan fingerprint density at radius 3 is 2.47 bits per heavy atom. The Morgan fingerprint density at radius 2 is 2.06 bits per heavy atom. The lowest BCUT2D eigenvalue weighted by Crippen LogP contribution is -2.33. The molecule has 0 saturated carbocycles. The monoisotopic (exact) mass is 255 g/mol. The lowest BCUT2D eigenvalue weighted by Gasteiger charge is -2.19. The first-order chi connectivity index (χ1) is 7.82. The molecule has 1 aromatic rings. The van der Waals surface area contributed by atoms with Crippen LogP contribution in [0.25, 0.3) is 0 Å². The first kappa shape index (κ1) is 13.7. The van der Waals surface area contributed by atoms with Gasteiger partial charge in [-0.05, 0) is 19.9 Å². The summed E-state index contributed by atoms with van der Waals surface area (Å²) in [6, 6.07) is 1.85.